The van der Waals surface area contributed by atoms with E-state index < -0.39 is 0 Å². The van der Waals surface area contributed by atoms with E-state index in [1.54, 1.807) is 11.1 Å². The Bertz CT molecular complexity index is 532. The van der Waals surface area contributed by atoms with Crippen LogP contribution < -0.4 is 5.32 Å². The van der Waals surface area contributed by atoms with Crippen molar-refractivity contribution in [2.45, 2.75) is 44.6 Å². The minimum absolute atomic E-state index is 0.616. The van der Waals surface area contributed by atoms with Crippen molar-refractivity contribution in [2.75, 3.05) is 6.54 Å². The first-order valence-corrected chi connectivity index (χ1v) is 8.60. The van der Waals surface area contributed by atoms with Crippen LogP contribution in [0.15, 0.2) is 41.8 Å². The zero-order chi connectivity index (χ0) is 13.8. The Morgan fingerprint density at radius 1 is 1.25 bits per heavy atom. The molecule has 0 fully saturated rings. The lowest BCUT2D eigenvalue weighted by Gasteiger charge is -2.25. The van der Waals surface area contributed by atoms with Crippen molar-refractivity contribution in [3.63, 3.8) is 0 Å². The highest BCUT2D eigenvalue weighted by Gasteiger charge is 2.28. The summed E-state index contributed by atoms with van der Waals surface area (Å²) in [6.07, 6.45) is 5.00. The van der Waals surface area contributed by atoms with E-state index >= 15 is 0 Å². The normalized spacial score (nSPS) is 18.9. The molecule has 0 spiro atoms. The SMILES string of the molecule is CCNC(CCc1cccs1)C1CCc2ccccc21. The molecule has 0 aliphatic heterocycles. The van der Waals surface area contributed by atoms with Crippen molar-refractivity contribution in [3.8, 4) is 0 Å². The van der Waals surface area contributed by atoms with Gasteiger partial charge in [0.2, 0.25) is 0 Å². The Morgan fingerprint density at radius 3 is 2.95 bits per heavy atom. The van der Waals surface area contributed by atoms with Crippen LogP contribution in [-0.2, 0) is 12.8 Å². The molecule has 2 atom stereocenters. The number of aryl methyl sites for hydroxylation is 2. The van der Waals surface area contributed by atoms with Gasteiger partial charge in [0.1, 0.15) is 0 Å². The molecule has 1 aromatic heterocycles. The van der Waals surface area contributed by atoms with Crippen LogP contribution in [0.3, 0.4) is 0 Å². The molecule has 0 saturated heterocycles. The molecule has 0 radical (unpaired) electrons. The zero-order valence-electron chi connectivity index (χ0n) is 12.1. The number of hydrogen-bond acceptors (Lipinski definition) is 2. The predicted octanol–water partition coefficient (Wildman–Crippen LogP) is 4.39. The number of likely N-dealkylation sites (N-methyl/N-ethyl adjacent to an activating group) is 1. The number of fused-ring (bicyclic) bond motifs is 1. The van der Waals surface area contributed by atoms with E-state index in [0.29, 0.717) is 12.0 Å². The molecule has 106 valence electrons. The monoisotopic (exact) mass is 285 g/mol. The average Bonchev–Trinajstić information content (AvgIpc) is 3.13. The Balaban J connectivity index is 1.71. The van der Waals surface area contributed by atoms with Gasteiger partial charge >= 0.3 is 0 Å². The summed E-state index contributed by atoms with van der Waals surface area (Å²) in [6, 6.07) is 14.0. The van der Waals surface area contributed by atoms with Gasteiger partial charge in [-0.2, -0.15) is 0 Å². The maximum atomic E-state index is 3.73. The molecule has 1 aliphatic carbocycles. The van der Waals surface area contributed by atoms with Gasteiger partial charge in [-0.05, 0) is 60.7 Å². The lowest BCUT2D eigenvalue weighted by Crippen LogP contribution is -2.34. The Labute approximate surface area is 126 Å². The highest BCUT2D eigenvalue weighted by Crippen LogP contribution is 2.36. The van der Waals surface area contributed by atoms with E-state index in [1.165, 1.54) is 30.6 Å². The second-order valence-corrected chi connectivity index (χ2v) is 6.66. The summed E-state index contributed by atoms with van der Waals surface area (Å²) in [5.41, 5.74) is 3.15. The Morgan fingerprint density at radius 2 is 2.15 bits per heavy atom. The molecule has 2 aromatic rings. The maximum Gasteiger partial charge on any atom is 0.0139 e. The van der Waals surface area contributed by atoms with Gasteiger partial charge in [-0.15, -0.1) is 11.3 Å². The first-order valence-electron chi connectivity index (χ1n) is 7.72. The molecule has 0 amide bonds. The van der Waals surface area contributed by atoms with Gasteiger partial charge in [-0.1, -0.05) is 37.3 Å². The second kappa shape index (κ2) is 6.55. The highest BCUT2D eigenvalue weighted by atomic mass is 32.1. The summed E-state index contributed by atoms with van der Waals surface area (Å²) in [6.45, 7) is 3.28. The summed E-state index contributed by atoms with van der Waals surface area (Å²) >= 11 is 1.88. The summed E-state index contributed by atoms with van der Waals surface area (Å²) in [4.78, 5) is 1.51. The minimum atomic E-state index is 0.616. The van der Waals surface area contributed by atoms with Crippen molar-refractivity contribution in [1.29, 1.82) is 0 Å². The predicted molar refractivity (Wildman–Crippen MR) is 87.6 cm³/mol. The van der Waals surface area contributed by atoms with Crippen LogP contribution in [0.2, 0.25) is 0 Å². The minimum Gasteiger partial charge on any atom is -0.314 e. The molecule has 0 saturated carbocycles. The lowest BCUT2D eigenvalue weighted by molar-refractivity contribution is 0.414. The van der Waals surface area contributed by atoms with Gasteiger partial charge in [0.05, 0.1) is 0 Å². The van der Waals surface area contributed by atoms with Gasteiger partial charge in [0.15, 0.2) is 0 Å². The third-order valence-electron chi connectivity index (χ3n) is 4.41. The van der Waals surface area contributed by atoms with Gasteiger partial charge in [-0.25, -0.2) is 0 Å². The Hall–Kier alpha value is -1.12. The van der Waals surface area contributed by atoms with E-state index in [1.807, 2.05) is 11.3 Å². The third kappa shape index (κ3) is 2.97. The molecule has 3 rings (SSSR count). The quantitative estimate of drug-likeness (QED) is 0.830. The maximum absolute atomic E-state index is 3.73. The summed E-state index contributed by atoms with van der Waals surface area (Å²) in [5, 5.41) is 5.92. The van der Waals surface area contributed by atoms with E-state index in [2.05, 4.69) is 54.0 Å². The van der Waals surface area contributed by atoms with E-state index in [-0.39, 0.29) is 0 Å². The smallest absolute Gasteiger partial charge is 0.0139 e. The molecule has 2 unspecified atom stereocenters. The zero-order valence-corrected chi connectivity index (χ0v) is 13.0. The van der Waals surface area contributed by atoms with Crippen molar-refractivity contribution in [3.05, 3.63) is 57.8 Å². The Kier molecular flexibility index (Phi) is 4.54. The molecule has 1 aliphatic rings. The van der Waals surface area contributed by atoms with Crippen molar-refractivity contribution in [2.24, 2.45) is 0 Å². The molecule has 1 aromatic carbocycles. The van der Waals surface area contributed by atoms with Crippen LogP contribution in [-0.4, -0.2) is 12.6 Å². The van der Waals surface area contributed by atoms with Gasteiger partial charge < -0.3 is 5.32 Å². The first kappa shape index (κ1) is 13.8. The van der Waals surface area contributed by atoms with Crippen molar-refractivity contribution in [1.82, 2.24) is 5.32 Å². The largest absolute Gasteiger partial charge is 0.314 e. The average molecular weight is 285 g/mol. The summed E-state index contributed by atoms with van der Waals surface area (Å²) in [5.74, 6) is 0.700. The topological polar surface area (TPSA) is 12.0 Å². The van der Waals surface area contributed by atoms with E-state index in [9.17, 15) is 0 Å². The highest BCUT2D eigenvalue weighted by molar-refractivity contribution is 7.09. The second-order valence-electron chi connectivity index (χ2n) is 5.63. The van der Waals surface area contributed by atoms with Gasteiger partial charge in [-0.3, -0.25) is 0 Å². The number of benzene rings is 1. The van der Waals surface area contributed by atoms with Crippen molar-refractivity contribution >= 4 is 11.3 Å². The molecular weight excluding hydrogens is 262 g/mol. The van der Waals surface area contributed by atoms with Gasteiger partial charge in [0, 0.05) is 10.9 Å². The molecule has 1 heterocycles. The third-order valence-corrected chi connectivity index (χ3v) is 5.35. The summed E-state index contributed by atoms with van der Waals surface area (Å²) in [7, 11) is 0. The van der Waals surface area contributed by atoms with E-state index in [0.717, 1.165) is 6.54 Å². The molecule has 1 N–H and O–H groups in total. The first-order chi connectivity index (χ1) is 9.88. The molecule has 20 heavy (non-hydrogen) atoms. The number of thiophene rings is 1. The van der Waals surface area contributed by atoms with Crippen LogP contribution in [0.4, 0.5) is 0 Å². The fourth-order valence-corrected chi connectivity index (χ4v) is 4.19. The number of hydrogen-bond donors (Lipinski definition) is 1. The fourth-order valence-electron chi connectivity index (χ4n) is 3.47. The van der Waals surface area contributed by atoms with Gasteiger partial charge in [0.25, 0.3) is 0 Å². The molecule has 0 bridgehead atoms. The van der Waals surface area contributed by atoms with Crippen LogP contribution in [0.25, 0.3) is 0 Å². The lowest BCUT2D eigenvalue weighted by atomic mass is 9.90. The number of nitrogens with one attached hydrogen (secondary N) is 1. The summed E-state index contributed by atoms with van der Waals surface area (Å²) < 4.78 is 0. The van der Waals surface area contributed by atoms with E-state index in [4.69, 9.17) is 0 Å². The standard InChI is InChI=1S/C18H23NS/c1-2-19-18(12-10-15-7-5-13-20-15)17-11-9-14-6-3-4-8-16(14)17/h3-8,13,17-19H,2,9-12H2,1H3. The number of rotatable bonds is 6. The van der Waals surface area contributed by atoms with Crippen molar-refractivity contribution < 1.29 is 0 Å². The molecule has 2 heteroatoms. The molecule has 1 nitrogen and oxygen atoms in total. The fraction of sp³-hybridized carbons (Fsp3) is 0.444. The molecular formula is C18H23NS. The van der Waals surface area contributed by atoms with Crippen LogP contribution in [0, 0.1) is 0 Å². The van der Waals surface area contributed by atoms with Crippen LogP contribution >= 0.6 is 11.3 Å². The van der Waals surface area contributed by atoms with Crippen LogP contribution in [0.5, 0.6) is 0 Å². The van der Waals surface area contributed by atoms with Crippen LogP contribution in [0.1, 0.15) is 41.7 Å².